The zero-order valence-corrected chi connectivity index (χ0v) is 17.4. The molecule has 0 radical (unpaired) electrons. The number of nitro benzene ring substituents is 1. The third-order valence-electron chi connectivity index (χ3n) is 4.17. The molecular weight excluding hydrogens is 436 g/mol. The first-order valence-electron chi connectivity index (χ1n) is 8.70. The van der Waals surface area contributed by atoms with Crippen LogP contribution in [0, 0.1) is 10.1 Å². The summed E-state index contributed by atoms with van der Waals surface area (Å²) in [6.45, 7) is 3.17. The lowest BCUT2D eigenvalue weighted by atomic mass is 10.1. The molecule has 0 N–H and O–H groups in total. The van der Waals surface area contributed by atoms with Crippen molar-refractivity contribution in [1.82, 2.24) is 4.90 Å². The highest BCUT2D eigenvalue weighted by Crippen LogP contribution is 2.35. The quantitative estimate of drug-likeness (QED) is 0.273. The molecule has 156 valence electrons. The lowest BCUT2D eigenvalue weighted by molar-refractivity contribution is -0.384. The van der Waals surface area contributed by atoms with Gasteiger partial charge in [-0.25, -0.2) is 4.79 Å². The van der Waals surface area contributed by atoms with Gasteiger partial charge in [0.25, 0.3) is 16.8 Å². The summed E-state index contributed by atoms with van der Waals surface area (Å²) in [5, 5.41) is 10.5. The van der Waals surface area contributed by atoms with Crippen LogP contribution in [0.1, 0.15) is 19.6 Å². The Bertz CT molecular complexity index is 1080. The lowest BCUT2D eigenvalue weighted by Crippen LogP contribution is -2.42. The van der Waals surface area contributed by atoms with Crippen molar-refractivity contribution in [2.24, 2.45) is 0 Å². The molecule has 1 aliphatic heterocycles. The maximum Gasteiger partial charge on any atom is 0.329 e. The number of hydrogen-bond donors (Lipinski definition) is 0. The Morgan fingerprint density at radius 1 is 1.37 bits per heavy atom. The van der Waals surface area contributed by atoms with Gasteiger partial charge in [0.2, 0.25) is 0 Å². The summed E-state index contributed by atoms with van der Waals surface area (Å²) in [6.07, 6.45) is 1.37. The van der Waals surface area contributed by atoms with Crippen molar-refractivity contribution in [3.63, 3.8) is 0 Å². The van der Waals surface area contributed by atoms with E-state index in [2.05, 4.69) is 0 Å². The van der Waals surface area contributed by atoms with Crippen LogP contribution in [-0.4, -0.2) is 39.6 Å². The lowest BCUT2D eigenvalue weighted by Gasteiger charge is -2.19. The molecule has 0 unspecified atom stereocenters. The number of nitro groups is 1. The van der Waals surface area contributed by atoms with Crippen LogP contribution in [0.2, 0.25) is 5.02 Å². The number of imide groups is 1. The highest BCUT2D eigenvalue weighted by atomic mass is 35.5. The molecule has 0 spiro atoms. The minimum atomic E-state index is -1.05. The zero-order valence-electron chi connectivity index (χ0n) is 15.8. The van der Waals surface area contributed by atoms with Crippen molar-refractivity contribution in [2.45, 2.75) is 19.9 Å². The van der Waals surface area contributed by atoms with Crippen molar-refractivity contribution < 1.29 is 28.5 Å². The van der Waals surface area contributed by atoms with Gasteiger partial charge in [0.15, 0.2) is 0 Å². The second kappa shape index (κ2) is 8.72. The smallest absolute Gasteiger partial charge is 0.329 e. The van der Waals surface area contributed by atoms with Crippen molar-refractivity contribution in [3.05, 3.63) is 56.1 Å². The summed E-state index contributed by atoms with van der Waals surface area (Å²) in [5.74, 6) is -0.728. The third-order valence-corrected chi connectivity index (χ3v) is 5.37. The van der Waals surface area contributed by atoms with E-state index in [-0.39, 0.29) is 28.0 Å². The Labute approximate surface area is 179 Å². The van der Waals surface area contributed by atoms with Crippen molar-refractivity contribution in [1.29, 1.82) is 0 Å². The molecule has 1 aromatic carbocycles. The van der Waals surface area contributed by atoms with E-state index in [1.54, 1.807) is 25.1 Å². The highest BCUT2D eigenvalue weighted by Gasteiger charge is 2.41. The predicted molar refractivity (Wildman–Crippen MR) is 110 cm³/mol. The molecular formula is C19H15ClN2O7S. The van der Waals surface area contributed by atoms with Gasteiger partial charge in [-0.3, -0.25) is 24.6 Å². The molecule has 2 amide bonds. The van der Waals surface area contributed by atoms with Gasteiger partial charge in [-0.1, -0.05) is 11.6 Å². The predicted octanol–water partition coefficient (Wildman–Crippen LogP) is 4.50. The number of hydrogen-bond acceptors (Lipinski definition) is 8. The zero-order chi connectivity index (χ0) is 22.0. The first-order valence-corrected chi connectivity index (χ1v) is 9.90. The van der Waals surface area contributed by atoms with E-state index in [4.69, 9.17) is 20.8 Å². The Morgan fingerprint density at radius 2 is 2.10 bits per heavy atom. The summed E-state index contributed by atoms with van der Waals surface area (Å²) in [5.41, 5.74) is 0.163. The second-order valence-corrected chi connectivity index (χ2v) is 7.51. The molecule has 2 heterocycles. The van der Waals surface area contributed by atoms with E-state index < -0.39 is 28.1 Å². The summed E-state index contributed by atoms with van der Waals surface area (Å²) < 4.78 is 10.5. The van der Waals surface area contributed by atoms with Gasteiger partial charge in [0.1, 0.15) is 22.6 Å². The Kier molecular flexibility index (Phi) is 6.28. The monoisotopic (exact) mass is 450 g/mol. The first kappa shape index (κ1) is 21.6. The maximum absolute atomic E-state index is 12.6. The standard InChI is InChI=1S/C19H15ClN2O7S/c1-3-28-18(24)10(2)21-17(23)16(30-19(21)25)9-12-5-7-15(29-12)11-4-6-13(20)14(8-11)22(26)27/h4-10H,3H2,1-2H3/b16-9+/t10-/m1/s1. The number of esters is 1. The number of rotatable bonds is 6. The number of carbonyl (C=O) groups excluding carboxylic acids is 3. The van der Waals surface area contributed by atoms with Crippen LogP contribution in [0.3, 0.4) is 0 Å². The Morgan fingerprint density at radius 3 is 2.77 bits per heavy atom. The fraction of sp³-hybridized carbons (Fsp3) is 0.211. The summed E-state index contributed by atoms with van der Waals surface area (Å²) in [6, 6.07) is 6.31. The number of halogens is 1. The van der Waals surface area contributed by atoms with Crippen LogP contribution < -0.4 is 0 Å². The molecule has 2 aromatic rings. The third kappa shape index (κ3) is 4.24. The SMILES string of the molecule is CCOC(=O)[C@@H](C)N1C(=O)S/C(=C/c2ccc(-c3ccc(Cl)c([N+](=O)[O-])c3)o2)C1=O. The van der Waals surface area contributed by atoms with Crippen LogP contribution in [0.5, 0.6) is 0 Å². The molecule has 1 fully saturated rings. The molecule has 0 aliphatic carbocycles. The van der Waals surface area contributed by atoms with E-state index in [1.807, 2.05) is 0 Å². The molecule has 3 rings (SSSR count). The fourth-order valence-electron chi connectivity index (χ4n) is 2.70. The second-order valence-electron chi connectivity index (χ2n) is 6.11. The van der Waals surface area contributed by atoms with E-state index in [0.29, 0.717) is 23.1 Å². The van der Waals surface area contributed by atoms with Gasteiger partial charge in [-0.2, -0.15) is 0 Å². The van der Waals surface area contributed by atoms with E-state index in [9.17, 15) is 24.5 Å². The van der Waals surface area contributed by atoms with E-state index >= 15 is 0 Å². The molecule has 1 aliphatic rings. The van der Waals surface area contributed by atoms with E-state index in [1.165, 1.54) is 25.1 Å². The van der Waals surface area contributed by atoms with Gasteiger partial charge in [-0.05, 0) is 49.9 Å². The number of benzene rings is 1. The first-order chi connectivity index (χ1) is 14.2. The molecule has 0 bridgehead atoms. The number of ether oxygens (including phenoxy) is 1. The van der Waals surface area contributed by atoms with Crippen molar-refractivity contribution in [2.75, 3.05) is 6.61 Å². The van der Waals surface area contributed by atoms with Gasteiger partial charge in [0, 0.05) is 17.7 Å². The van der Waals surface area contributed by atoms with Gasteiger partial charge in [-0.15, -0.1) is 0 Å². The van der Waals surface area contributed by atoms with Gasteiger partial charge < -0.3 is 9.15 Å². The molecule has 11 heteroatoms. The van der Waals surface area contributed by atoms with E-state index in [0.717, 1.165) is 4.90 Å². The average molecular weight is 451 g/mol. The number of nitrogens with zero attached hydrogens (tertiary/aromatic N) is 2. The van der Waals surface area contributed by atoms with Crippen molar-refractivity contribution in [3.8, 4) is 11.3 Å². The van der Waals surface area contributed by atoms with Gasteiger partial charge in [0.05, 0.1) is 16.4 Å². The normalized spacial score (nSPS) is 16.2. The number of furan rings is 1. The molecule has 1 aromatic heterocycles. The number of thioether (sulfide) groups is 1. The van der Waals surface area contributed by atoms with Crippen LogP contribution in [0.25, 0.3) is 17.4 Å². The molecule has 0 saturated carbocycles. The highest BCUT2D eigenvalue weighted by molar-refractivity contribution is 8.18. The van der Waals surface area contributed by atoms with Crippen molar-refractivity contribution >= 4 is 52.2 Å². The van der Waals surface area contributed by atoms with Crippen LogP contribution >= 0.6 is 23.4 Å². The largest absolute Gasteiger partial charge is 0.464 e. The minimum Gasteiger partial charge on any atom is -0.464 e. The Balaban J connectivity index is 1.84. The maximum atomic E-state index is 12.6. The summed E-state index contributed by atoms with van der Waals surface area (Å²) >= 11 is 6.49. The fourth-order valence-corrected chi connectivity index (χ4v) is 3.78. The number of carbonyl (C=O) groups is 3. The topological polar surface area (TPSA) is 120 Å². The molecule has 30 heavy (non-hydrogen) atoms. The van der Waals surface area contributed by atoms with Crippen LogP contribution in [0.4, 0.5) is 10.5 Å². The Hall–Kier alpha value is -3.11. The average Bonchev–Trinajstić information content (AvgIpc) is 3.26. The molecule has 9 nitrogen and oxygen atoms in total. The molecule has 1 atom stereocenters. The van der Waals surface area contributed by atoms with Crippen LogP contribution in [-0.2, 0) is 14.3 Å². The molecule has 1 saturated heterocycles. The van der Waals surface area contributed by atoms with Gasteiger partial charge >= 0.3 is 5.97 Å². The van der Waals surface area contributed by atoms with Crippen LogP contribution in [0.15, 0.2) is 39.7 Å². The summed E-state index contributed by atoms with van der Waals surface area (Å²) in [7, 11) is 0. The number of amides is 2. The minimum absolute atomic E-state index is 0.0000710. The summed E-state index contributed by atoms with van der Waals surface area (Å²) in [4.78, 5) is 48.0.